The van der Waals surface area contributed by atoms with Crippen LogP contribution < -0.4 is 5.32 Å². The number of hydrogen-bond acceptors (Lipinski definition) is 2. The number of fused-ring (bicyclic) bond motifs is 1. The maximum Gasteiger partial charge on any atom is 0.0710 e. The van der Waals surface area contributed by atoms with Gasteiger partial charge in [0.05, 0.1) is 23.9 Å². The van der Waals surface area contributed by atoms with Gasteiger partial charge in [0.2, 0.25) is 0 Å². The quantitative estimate of drug-likeness (QED) is 0.681. The zero-order chi connectivity index (χ0) is 13.9. The number of rotatable bonds is 4. The highest BCUT2D eigenvalue weighted by Crippen LogP contribution is 2.28. The fraction of sp³-hybridized carbons (Fsp3) is 0.125. The standard InChI is InChI=1S/C16H15ClN2O/c17-16-12-6-2-4-8-14(12)19-15(16)9-18-13-7-3-1-5-11(13)10-20/h1-8,18-20H,9-10H2. The molecule has 0 fully saturated rings. The molecule has 0 spiro atoms. The highest BCUT2D eigenvalue weighted by atomic mass is 35.5. The Morgan fingerprint density at radius 1 is 1.05 bits per heavy atom. The van der Waals surface area contributed by atoms with Crippen molar-refractivity contribution in [2.24, 2.45) is 0 Å². The Bertz CT molecular complexity index is 736. The molecule has 102 valence electrons. The Balaban J connectivity index is 1.85. The molecule has 3 aromatic rings. The fourth-order valence-corrected chi connectivity index (χ4v) is 2.58. The first-order chi connectivity index (χ1) is 9.79. The molecule has 1 heterocycles. The molecule has 0 radical (unpaired) electrons. The van der Waals surface area contributed by atoms with Crippen molar-refractivity contribution in [1.29, 1.82) is 0 Å². The zero-order valence-corrected chi connectivity index (χ0v) is 11.6. The zero-order valence-electron chi connectivity index (χ0n) is 10.9. The summed E-state index contributed by atoms with van der Waals surface area (Å²) >= 11 is 6.38. The van der Waals surface area contributed by atoms with Crippen molar-refractivity contribution < 1.29 is 5.11 Å². The molecule has 0 aliphatic heterocycles. The molecule has 0 saturated carbocycles. The van der Waals surface area contributed by atoms with Gasteiger partial charge in [-0.3, -0.25) is 0 Å². The van der Waals surface area contributed by atoms with Gasteiger partial charge in [-0.2, -0.15) is 0 Å². The first-order valence-corrected chi connectivity index (χ1v) is 6.85. The Labute approximate surface area is 122 Å². The smallest absolute Gasteiger partial charge is 0.0710 e. The number of nitrogens with one attached hydrogen (secondary N) is 2. The Kier molecular flexibility index (Phi) is 3.63. The van der Waals surface area contributed by atoms with Gasteiger partial charge in [-0.15, -0.1) is 0 Å². The largest absolute Gasteiger partial charge is 0.392 e. The molecular formula is C16H15ClN2O. The Morgan fingerprint density at radius 3 is 2.60 bits per heavy atom. The highest BCUT2D eigenvalue weighted by molar-refractivity contribution is 6.36. The number of hydrogen-bond donors (Lipinski definition) is 3. The average molecular weight is 287 g/mol. The molecule has 2 aromatic carbocycles. The highest BCUT2D eigenvalue weighted by Gasteiger charge is 2.09. The van der Waals surface area contributed by atoms with Crippen molar-refractivity contribution >= 4 is 28.2 Å². The number of H-pyrrole nitrogens is 1. The summed E-state index contributed by atoms with van der Waals surface area (Å²) in [6.07, 6.45) is 0. The molecule has 0 atom stereocenters. The van der Waals surface area contributed by atoms with Crippen LogP contribution in [0.2, 0.25) is 5.02 Å². The van der Waals surface area contributed by atoms with E-state index >= 15 is 0 Å². The summed E-state index contributed by atoms with van der Waals surface area (Å²) in [6.45, 7) is 0.605. The van der Waals surface area contributed by atoms with Crippen molar-refractivity contribution in [3.8, 4) is 0 Å². The van der Waals surface area contributed by atoms with Crippen LogP contribution in [-0.2, 0) is 13.2 Å². The molecule has 0 unspecified atom stereocenters. The predicted molar refractivity (Wildman–Crippen MR) is 83.0 cm³/mol. The van der Waals surface area contributed by atoms with Crippen LogP contribution >= 0.6 is 11.6 Å². The van der Waals surface area contributed by atoms with E-state index in [2.05, 4.69) is 10.3 Å². The van der Waals surface area contributed by atoms with Crippen LogP contribution in [0.5, 0.6) is 0 Å². The number of aromatic nitrogens is 1. The van der Waals surface area contributed by atoms with Crippen LogP contribution in [0, 0.1) is 0 Å². The number of aliphatic hydroxyl groups is 1. The molecule has 4 heteroatoms. The molecule has 0 bridgehead atoms. The molecule has 20 heavy (non-hydrogen) atoms. The lowest BCUT2D eigenvalue weighted by Crippen LogP contribution is -2.03. The van der Waals surface area contributed by atoms with Crippen LogP contribution in [0.4, 0.5) is 5.69 Å². The summed E-state index contributed by atoms with van der Waals surface area (Å²) in [5.74, 6) is 0. The van der Waals surface area contributed by atoms with Gasteiger partial charge in [-0.1, -0.05) is 48.0 Å². The van der Waals surface area contributed by atoms with Gasteiger partial charge in [0.25, 0.3) is 0 Å². The maximum absolute atomic E-state index is 9.31. The van der Waals surface area contributed by atoms with Crippen molar-refractivity contribution in [3.63, 3.8) is 0 Å². The second kappa shape index (κ2) is 5.57. The van der Waals surface area contributed by atoms with Gasteiger partial charge in [-0.25, -0.2) is 0 Å². The molecule has 3 N–H and O–H groups in total. The van der Waals surface area contributed by atoms with E-state index in [1.807, 2.05) is 48.5 Å². The normalized spacial score (nSPS) is 10.9. The van der Waals surface area contributed by atoms with E-state index in [-0.39, 0.29) is 6.61 Å². The van der Waals surface area contributed by atoms with Crippen molar-refractivity contribution in [1.82, 2.24) is 4.98 Å². The van der Waals surface area contributed by atoms with Crippen molar-refractivity contribution in [2.45, 2.75) is 13.2 Å². The van der Waals surface area contributed by atoms with Gasteiger partial charge in [0.15, 0.2) is 0 Å². The van der Waals surface area contributed by atoms with Gasteiger partial charge in [0.1, 0.15) is 0 Å². The topological polar surface area (TPSA) is 48.0 Å². The summed E-state index contributed by atoms with van der Waals surface area (Å²) in [5, 5.41) is 14.4. The van der Waals surface area contributed by atoms with Gasteiger partial charge in [0, 0.05) is 22.2 Å². The van der Waals surface area contributed by atoms with E-state index in [0.717, 1.165) is 32.9 Å². The minimum Gasteiger partial charge on any atom is -0.392 e. The van der Waals surface area contributed by atoms with Gasteiger partial charge in [-0.05, 0) is 12.1 Å². The summed E-state index contributed by atoms with van der Waals surface area (Å²) < 4.78 is 0. The summed E-state index contributed by atoms with van der Waals surface area (Å²) in [7, 11) is 0. The van der Waals surface area contributed by atoms with Crippen molar-refractivity contribution in [2.75, 3.05) is 5.32 Å². The van der Waals surface area contributed by atoms with E-state index in [1.54, 1.807) is 0 Å². The van der Waals surface area contributed by atoms with E-state index in [0.29, 0.717) is 6.54 Å². The average Bonchev–Trinajstić information content (AvgIpc) is 2.82. The molecule has 0 aliphatic carbocycles. The van der Waals surface area contributed by atoms with Crippen LogP contribution in [0.25, 0.3) is 10.9 Å². The number of aliphatic hydroxyl groups excluding tert-OH is 1. The third-order valence-electron chi connectivity index (χ3n) is 3.36. The molecule has 0 saturated heterocycles. The minimum atomic E-state index is 0.0175. The van der Waals surface area contributed by atoms with E-state index < -0.39 is 0 Å². The second-order valence-electron chi connectivity index (χ2n) is 4.63. The second-order valence-corrected chi connectivity index (χ2v) is 5.01. The number of aromatic amines is 1. The molecular weight excluding hydrogens is 272 g/mol. The number of benzene rings is 2. The first-order valence-electron chi connectivity index (χ1n) is 6.47. The molecule has 0 amide bonds. The minimum absolute atomic E-state index is 0.0175. The van der Waals surface area contributed by atoms with E-state index in [9.17, 15) is 5.11 Å². The van der Waals surface area contributed by atoms with Crippen LogP contribution in [0.3, 0.4) is 0 Å². The SMILES string of the molecule is OCc1ccccc1NCc1[nH]c2ccccc2c1Cl. The Morgan fingerprint density at radius 2 is 1.80 bits per heavy atom. The molecule has 3 rings (SSSR count). The lowest BCUT2D eigenvalue weighted by atomic mass is 10.2. The predicted octanol–water partition coefficient (Wildman–Crippen LogP) is 3.93. The summed E-state index contributed by atoms with van der Waals surface area (Å²) in [6, 6.07) is 15.7. The lowest BCUT2D eigenvalue weighted by molar-refractivity contribution is 0.282. The maximum atomic E-state index is 9.31. The van der Waals surface area contributed by atoms with Crippen LogP contribution in [-0.4, -0.2) is 10.1 Å². The van der Waals surface area contributed by atoms with E-state index in [4.69, 9.17) is 11.6 Å². The van der Waals surface area contributed by atoms with Crippen LogP contribution in [0.15, 0.2) is 48.5 Å². The fourth-order valence-electron chi connectivity index (χ4n) is 2.30. The first kappa shape index (κ1) is 13.0. The Hall–Kier alpha value is -1.97. The third kappa shape index (κ3) is 2.38. The summed E-state index contributed by atoms with van der Waals surface area (Å²) in [4.78, 5) is 3.31. The number of halogens is 1. The molecule has 1 aromatic heterocycles. The number of para-hydroxylation sites is 2. The monoisotopic (exact) mass is 286 g/mol. The van der Waals surface area contributed by atoms with E-state index in [1.165, 1.54) is 0 Å². The van der Waals surface area contributed by atoms with Crippen LogP contribution in [0.1, 0.15) is 11.3 Å². The van der Waals surface area contributed by atoms with Gasteiger partial charge < -0.3 is 15.4 Å². The summed E-state index contributed by atoms with van der Waals surface area (Å²) in [5.41, 5.74) is 3.77. The lowest BCUT2D eigenvalue weighted by Gasteiger charge is -2.09. The van der Waals surface area contributed by atoms with Crippen molar-refractivity contribution in [3.05, 3.63) is 64.8 Å². The van der Waals surface area contributed by atoms with Gasteiger partial charge >= 0.3 is 0 Å². The molecule has 3 nitrogen and oxygen atoms in total. The number of anilines is 1. The molecule has 0 aliphatic rings. The third-order valence-corrected chi connectivity index (χ3v) is 3.79.